The molecule has 1 aromatic heterocycles. The van der Waals surface area contributed by atoms with Crippen LogP contribution in [0.4, 0.5) is 0 Å². The molecule has 0 spiro atoms. The number of ether oxygens (including phenoxy) is 1. The molecule has 0 aliphatic carbocycles. The van der Waals surface area contributed by atoms with Crippen molar-refractivity contribution in [1.29, 1.82) is 0 Å². The number of carbonyl (C=O) groups excluding carboxylic acids is 1. The highest BCUT2D eigenvalue weighted by Crippen LogP contribution is 2.20. The van der Waals surface area contributed by atoms with Crippen LogP contribution in [0.3, 0.4) is 0 Å². The number of benzene rings is 1. The lowest BCUT2D eigenvalue weighted by Crippen LogP contribution is -2.12. The molecule has 0 aliphatic heterocycles. The number of hydrogen-bond donors (Lipinski definition) is 1. The number of hydrogen-bond acceptors (Lipinski definition) is 5. The van der Waals surface area contributed by atoms with Crippen LogP contribution in [0.2, 0.25) is 0 Å². The van der Waals surface area contributed by atoms with Crippen LogP contribution in [0.1, 0.15) is 11.1 Å². The molecule has 0 radical (unpaired) electrons. The second-order valence-electron chi connectivity index (χ2n) is 3.95. The predicted molar refractivity (Wildman–Crippen MR) is 67.8 cm³/mol. The number of nitrogens with zero attached hydrogens (tertiary/aromatic N) is 2. The number of nitrogens with one attached hydrogen (secondary N) is 1. The Kier molecular flexibility index (Phi) is 3.28. The lowest BCUT2D eigenvalue weighted by atomic mass is 10.1. The van der Waals surface area contributed by atoms with E-state index in [0.717, 1.165) is 23.6 Å². The second kappa shape index (κ2) is 4.89. The van der Waals surface area contributed by atoms with E-state index in [-0.39, 0.29) is 0 Å². The highest BCUT2D eigenvalue weighted by Gasteiger charge is 2.22. The van der Waals surface area contributed by atoms with E-state index >= 15 is 0 Å². The highest BCUT2D eigenvalue weighted by molar-refractivity contribution is 5.92. The Morgan fingerprint density at radius 2 is 2.26 bits per heavy atom. The third-order valence-electron chi connectivity index (χ3n) is 2.66. The second-order valence-corrected chi connectivity index (χ2v) is 3.95. The van der Waals surface area contributed by atoms with E-state index in [0.29, 0.717) is 5.56 Å². The van der Waals surface area contributed by atoms with Gasteiger partial charge >= 0.3 is 11.7 Å². The van der Waals surface area contributed by atoms with Crippen LogP contribution in [0, 0.1) is 17.0 Å². The van der Waals surface area contributed by atoms with E-state index in [2.05, 4.69) is 14.9 Å². The van der Waals surface area contributed by atoms with Gasteiger partial charge in [-0.25, -0.2) is 4.79 Å². The summed E-state index contributed by atoms with van der Waals surface area (Å²) in [4.78, 5) is 21.4. The number of aromatic nitrogens is 2. The number of methoxy groups -OCH3 is 1. The first-order valence-electron chi connectivity index (χ1n) is 5.41. The molecule has 0 fully saturated rings. The number of fused-ring (bicyclic) bond motifs is 1. The SMILES string of the molecule is COC(=O)C(=Cc1cc(C)c2[nH]ncc2c1)[N+](=O)[O-]. The zero-order valence-electron chi connectivity index (χ0n) is 10.3. The van der Waals surface area contributed by atoms with Gasteiger partial charge in [-0.15, -0.1) is 0 Å². The minimum absolute atomic E-state index is 0.545. The molecular formula is C12H11N3O4. The fourth-order valence-electron chi connectivity index (χ4n) is 1.80. The molecule has 1 heterocycles. The maximum atomic E-state index is 11.3. The van der Waals surface area contributed by atoms with E-state index in [9.17, 15) is 14.9 Å². The molecular weight excluding hydrogens is 250 g/mol. The molecule has 7 heteroatoms. The van der Waals surface area contributed by atoms with E-state index < -0.39 is 16.6 Å². The molecule has 19 heavy (non-hydrogen) atoms. The van der Waals surface area contributed by atoms with Gasteiger partial charge in [0.25, 0.3) is 0 Å². The zero-order valence-corrected chi connectivity index (χ0v) is 10.3. The minimum Gasteiger partial charge on any atom is -0.461 e. The molecule has 0 atom stereocenters. The van der Waals surface area contributed by atoms with Gasteiger partial charge in [0.1, 0.15) is 0 Å². The summed E-state index contributed by atoms with van der Waals surface area (Å²) in [5, 5.41) is 18.4. The van der Waals surface area contributed by atoms with Crippen molar-refractivity contribution >= 4 is 22.9 Å². The summed E-state index contributed by atoms with van der Waals surface area (Å²) in [5.74, 6) is -0.977. The van der Waals surface area contributed by atoms with E-state index in [1.54, 1.807) is 18.3 Å². The molecule has 98 valence electrons. The minimum atomic E-state index is -0.977. The Balaban J connectivity index is 2.54. The lowest BCUT2D eigenvalue weighted by molar-refractivity contribution is -0.419. The Morgan fingerprint density at radius 3 is 2.89 bits per heavy atom. The van der Waals surface area contributed by atoms with E-state index in [4.69, 9.17) is 0 Å². The van der Waals surface area contributed by atoms with Crippen LogP contribution in [0.25, 0.3) is 17.0 Å². The summed E-state index contributed by atoms with van der Waals surface area (Å²) in [6, 6.07) is 3.44. The van der Waals surface area contributed by atoms with Crippen LogP contribution >= 0.6 is 0 Å². The Bertz CT molecular complexity index is 687. The number of rotatable bonds is 3. The van der Waals surface area contributed by atoms with Gasteiger partial charge in [-0.3, -0.25) is 15.2 Å². The average molecular weight is 261 g/mol. The summed E-state index contributed by atoms with van der Waals surface area (Å²) >= 11 is 0. The Hall–Kier alpha value is -2.70. The summed E-state index contributed by atoms with van der Waals surface area (Å²) < 4.78 is 4.38. The first kappa shape index (κ1) is 12.7. The Morgan fingerprint density at radius 1 is 1.53 bits per heavy atom. The maximum absolute atomic E-state index is 11.3. The summed E-state index contributed by atoms with van der Waals surface area (Å²) in [7, 11) is 1.10. The number of aromatic amines is 1. The summed E-state index contributed by atoms with van der Waals surface area (Å²) in [6.07, 6.45) is 2.80. The van der Waals surface area contributed by atoms with Crippen LogP contribution in [0.5, 0.6) is 0 Å². The monoisotopic (exact) mass is 261 g/mol. The maximum Gasteiger partial charge on any atom is 0.409 e. The van der Waals surface area contributed by atoms with Crippen LogP contribution in [0.15, 0.2) is 24.0 Å². The molecule has 0 bridgehead atoms. The molecule has 0 unspecified atom stereocenters. The first-order valence-corrected chi connectivity index (χ1v) is 5.41. The molecule has 1 N–H and O–H groups in total. The van der Waals surface area contributed by atoms with Crippen LogP contribution in [-0.2, 0) is 9.53 Å². The van der Waals surface area contributed by atoms with Gasteiger partial charge in [0.05, 0.1) is 23.7 Å². The zero-order chi connectivity index (χ0) is 14.0. The molecule has 0 amide bonds. The number of nitro groups is 1. The van der Waals surface area contributed by atoms with Crippen LogP contribution in [-0.4, -0.2) is 28.2 Å². The Labute approximate surface area is 108 Å². The molecule has 2 rings (SSSR count). The molecule has 0 saturated heterocycles. The van der Waals surface area contributed by atoms with Gasteiger partial charge in [0.15, 0.2) is 0 Å². The van der Waals surface area contributed by atoms with Gasteiger partial charge in [-0.2, -0.15) is 5.10 Å². The van der Waals surface area contributed by atoms with E-state index in [1.807, 2.05) is 6.92 Å². The smallest absolute Gasteiger partial charge is 0.409 e. The fourth-order valence-corrected chi connectivity index (χ4v) is 1.80. The van der Waals surface area contributed by atoms with Crippen molar-refractivity contribution in [2.24, 2.45) is 0 Å². The van der Waals surface area contributed by atoms with Gasteiger partial charge in [-0.05, 0) is 30.2 Å². The van der Waals surface area contributed by atoms with Crippen molar-refractivity contribution in [3.63, 3.8) is 0 Å². The molecule has 1 aromatic carbocycles. The van der Waals surface area contributed by atoms with Crippen molar-refractivity contribution in [2.75, 3.05) is 7.11 Å². The lowest BCUT2D eigenvalue weighted by Gasteiger charge is -2.00. The molecule has 0 saturated carbocycles. The largest absolute Gasteiger partial charge is 0.461 e. The normalized spacial score (nSPS) is 11.6. The first-order chi connectivity index (χ1) is 9.02. The van der Waals surface area contributed by atoms with Gasteiger partial charge in [0.2, 0.25) is 0 Å². The number of esters is 1. The van der Waals surface area contributed by atoms with Crippen molar-refractivity contribution in [1.82, 2.24) is 10.2 Å². The molecule has 0 aliphatic rings. The summed E-state index contributed by atoms with van der Waals surface area (Å²) in [5.41, 5.74) is 1.68. The predicted octanol–water partition coefficient (Wildman–Crippen LogP) is 1.66. The van der Waals surface area contributed by atoms with Crippen LogP contribution < -0.4 is 0 Å². The average Bonchev–Trinajstić information content (AvgIpc) is 2.83. The summed E-state index contributed by atoms with van der Waals surface area (Å²) in [6.45, 7) is 1.85. The van der Waals surface area contributed by atoms with Gasteiger partial charge in [0, 0.05) is 11.5 Å². The topological polar surface area (TPSA) is 98.1 Å². The van der Waals surface area contributed by atoms with Crippen molar-refractivity contribution in [3.8, 4) is 0 Å². The fraction of sp³-hybridized carbons (Fsp3) is 0.167. The van der Waals surface area contributed by atoms with Gasteiger partial charge < -0.3 is 4.74 Å². The molecule has 2 aromatic rings. The van der Waals surface area contributed by atoms with Crippen molar-refractivity contribution in [2.45, 2.75) is 6.92 Å². The van der Waals surface area contributed by atoms with Crippen molar-refractivity contribution < 1.29 is 14.5 Å². The highest BCUT2D eigenvalue weighted by atomic mass is 16.6. The van der Waals surface area contributed by atoms with Gasteiger partial charge in [-0.1, -0.05) is 0 Å². The van der Waals surface area contributed by atoms with E-state index in [1.165, 1.54) is 6.08 Å². The third kappa shape index (κ3) is 2.44. The quantitative estimate of drug-likeness (QED) is 0.392. The number of carbonyl (C=O) groups is 1. The number of H-pyrrole nitrogens is 1. The van der Waals surface area contributed by atoms with Crippen molar-refractivity contribution in [3.05, 3.63) is 45.3 Å². The third-order valence-corrected chi connectivity index (χ3v) is 2.66. The molecule has 7 nitrogen and oxygen atoms in total. The standard InChI is InChI=1S/C12H11N3O4/c1-7-3-8(4-9-6-13-14-11(7)9)5-10(15(17)18)12(16)19-2/h3-6H,1-2H3,(H,13,14). The number of aryl methyl sites for hydroxylation is 1.